The first kappa shape index (κ1) is 17.2. The SMILES string of the molecule is CC(C)(C)OCC(O)CN1CCC(CN2CCOCC2)C1. The van der Waals surface area contributed by atoms with E-state index in [0.717, 1.165) is 51.9 Å². The van der Waals surface area contributed by atoms with Gasteiger partial charge >= 0.3 is 0 Å². The number of morpholine rings is 1. The van der Waals surface area contributed by atoms with Gasteiger partial charge in [-0.1, -0.05) is 0 Å². The second-order valence-electron chi connectivity index (χ2n) is 7.40. The summed E-state index contributed by atoms with van der Waals surface area (Å²) in [7, 11) is 0. The molecule has 2 rings (SSSR count). The maximum Gasteiger partial charge on any atom is 0.0900 e. The van der Waals surface area contributed by atoms with Gasteiger partial charge in [0.25, 0.3) is 0 Å². The summed E-state index contributed by atoms with van der Waals surface area (Å²) in [6.45, 7) is 14.5. The van der Waals surface area contributed by atoms with Crippen LogP contribution in [0.1, 0.15) is 27.2 Å². The number of β-amino-alcohol motifs (C(OH)–C–C–N with tert-alkyl or cyclic N) is 1. The molecule has 0 aromatic rings. The van der Waals surface area contributed by atoms with E-state index in [2.05, 4.69) is 9.80 Å². The molecule has 2 aliphatic rings. The van der Waals surface area contributed by atoms with E-state index in [4.69, 9.17) is 9.47 Å². The average Bonchev–Trinajstić information content (AvgIpc) is 2.84. The molecule has 0 saturated carbocycles. The minimum absolute atomic E-state index is 0.176. The zero-order chi connectivity index (χ0) is 15.3. The van der Waals surface area contributed by atoms with Crippen molar-refractivity contribution in [3.05, 3.63) is 0 Å². The molecule has 2 heterocycles. The van der Waals surface area contributed by atoms with Crippen molar-refractivity contribution in [2.75, 3.05) is 59.1 Å². The van der Waals surface area contributed by atoms with Crippen LogP contribution in [0.5, 0.6) is 0 Å². The Labute approximate surface area is 129 Å². The molecule has 21 heavy (non-hydrogen) atoms. The molecule has 0 spiro atoms. The molecule has 2 unspecified atom stereocenters. The number of rotatable bonds is 6. The van der Waals surface area contributed by atoms with Crippen molar-refractivity contribution in [1.29, 1.82) is 0 Å². The van der Waals surface area contributed by atoms with E-state index >= 15 is 0 Å². The predicted octanol–water partition coefficient (Wildman–Crippen LogP) is 0.817. The Bertz CT molecular complexity index is 300. The Hall–Kier alpha value is -0.200. The largest absolute Gasteiger partial charge is 0.389 e. The van der Waals surface area contributed by atoms with Crippen molar-refractivity contribution < 1.29 is 14.6 Å². The topological polar surface area (TPSA) is 45.2 Å². The van der Waals surface area contributed by atoms with E-state index in [-0.39, 0.29) is 11.7 Å². The van der Waals surface area contributed by atoms with Gasteiger partial charge in [-0.3, -0.25) is 4.90 Å². The van der Waals surface area contributed by atoms with Crippen LogP contribution in [0, 0.1) is 5.92 Å². The first-order chi connectivity index (χ1) is 9.92. The van der Waals surface area contributed by atoms with Crippen LogP contribution >= 0.6 is 0 Å². The van der Waals surface area contributed by atoms with Gasteiger partial charge in [0, 0.05) is 32.7 Å². The molecule has 0 aromatic heterocycles. The molecule has 2 saturated heterocycles. The summed E-state index contributed by atoms with van der Waals surface area (Å²) in [6, 6.07) is 0. The van der Waals surface area contributed by atoms with Gasteiger partial charge in [-0.05, 0) is 39.7 Å². The number of aliphatic hydroxyl groups excluding tert-OH is 1. The summed E-state index contributed by atoms with van der Waals surface area (Å²) in [5, 5.41) is 10.1. The molecule has 0 aliphatic carbocycles. The highest BCUT2D eigenvalue weighted by Crippen LogP contribution is 2.18. The van der Waals surface area contributed by atoms with Gasteiger partial charge in [-0.15, -0.1) is 0 Å². The molecule has 0 aromatic carbocycles. The van der Waals surface area contributed by atoms with E-state index < -0.39 is 0 Å². The van der Waals surface area contributed by atoms with E-state index in [1.807, 2.05) is 20.8 Å². The molecular formula is C16H32N2O3. The van der Waals surface area contributed by atoms with Crippen LogP contribution < -0.4 is 0 Å². The number of hydrogen-bond donors (Lipinski definition) is 1. The number of aliphatic hydroxyl groups is 1. The summed E-state index contributed by atoms with van der Waals surface area (Å²) in [6.07, 6.45) is 0.857. The highest BCUT2D eigenvalue weighted by atomic mass is 16.5. The number of hydrogen-bond acceptors (Lipinski definition) is 5. The minimum Gasteiger partial charge on any atom is -0.389 e. The molecule has 2 aliphatic heterocycles. The predicted molar refractivity (Wildman–Crippen MR) is 83.5 cm³/mol. The van der Waals surface area contributed by atoms with E-state index in [1.165, 1.54) is 13.0 Å². The highest BCUT2D eigenvalue weighted by molar-refractivity contribution is 4.80. The molecule has 1 N–H and O–H groups in total. The van der Waals surface area contributed by atoms with Crippen LogP contribution in [0.25, 0.3) is 0 Å². The van der Waals surface area contributed by atoms with Crippen molar-refractivity contribution >= 4 is 0 Å². The highest BCUT2D eigenvalue weighted by Gasteiger charge is 2.26. The standard InChI is InChI=1S/C16H32N2O3/c1-16(2,3)21-13-15(19)12-18-5-4-14(11-18)10-17-6-8-20-9-7-17/h14-15,19H,4-13H2,1-3H3. The Morgan fingerprint density at radius 3 is 2.57 bits per heavy atom. The second-order valence-corrected chi connectivity index (χ2v) is 7.40. The van der Waals surface area contributed by atoms with Crippen LogP contribution in [-0.4, -0.2) is 85.7 Å². The first-order valence-corrected chi connectivity index (χ1v) is 8.27. The minimum atomic E-state index is -0.383. The lowest BCUT2D eigenvalue weighted by atomic mass is 10.1. The lowest BCUT2D eigenvalue weighted by Gasteiger charge is -2.29. The summed E-state index contributed by atoms with van der Waals surface area (Å²) < 4.78 is 11.0. The zero-order valence-corrected chi connectivity index (χ0v) is 13.9. The molecule has 2 fully saturated rings. The number of likely N-dealkylation sites (tertiary alicyclic amines) is 1. The van der Waals surface area contributed by atoms with Crippen LogP contribution in [0.2, 0.25) is 0 Å². The molecule has 0 amide bonds. The summed E-state index contributed by atoms with van der Waals surface area (Å²) in [5.41, 5.74) is -0.176. The zero-order valence-electron chi connectivity index (χ0n) is 13.9. The third-order valence-corrected chi connectivity index (χ3v) is 4.17. The maximum atomic E-state index is 10.1. The Morgan fingerprint density at radius 1 is 1.19 bits per heavy atom. The smallest absolute Gasteiger partial charge is 0.0900 e. The lowest BCUT2D eigenvalue weighted by Crippen LogP contribution is -2.40. The van der Waals surface area contributed by atoms with Crippen molar-refractivity contribution in [3.8, 4) is 0 Å². The van der Waals surface area contributed by atoms with Crippen LogP contribution in [0.4, 0.5) is 0 Å². The monoisotopic (exact) mass is 300 g/mol. The van der Waals surface area contributed by atoms with Gasteiger partial charge in [0.1, 0.15) is 0 Å². The fraction of sp³-hybridized carbons (Fsp3) is 1.00. The fourth-order valence-corrected chi connectivity index (χ4v) is 3.07. The van der Waals surface area contributed by atoms with Gasteiger partial charge in [0.05, 0.1) is 31.5 Å². The van der Waals surface area contributed by atoms with Gasteiger partial charge in [-0.25, -0.2) is 0 Å². The fourth-order valence-electron chi connectivity index (χ4n) is 3.07. The lowest BCUT2D eigenvalue weighted by molar-refractivity contribution is -0.0550. The summed E-state index contributed by atoms with van der Waals surface area (Å²) >= 11 is 0. The van der Waals surface area contributed by atoms with Gasteiger partial charge < -0.3 is 19.5 Å². The van der Waals surface area contributed by atoms with Crippen molar-refractivity contribution in [2.24, 2.45) is 5.92 Å². The molecule has 5 nitrogen and oxygen atoms in total. The van der Waals surface area contributed by atoms with Gasteiger partial charge in [0.2, 0.25) is 0 Å². The number of ether oxygens (including phenoxy) is 2. The maximum absolute atomic E-state index is 10.1. The van der Waals surface area contributed by atoms with Crippen molar-refractivity contribution in [3.63, 3.8) is 0 Å². The van der Waals surface area contributed by atoms with Gasteiger partial charge in [-0.2, -0.15) is 0 Å². The average molecular weight is 300 g/mol. The van der Waals surface area contributed by atoms with Crippen molar-refractivity contribution in [2.45, 2.75) is 38.9 Å². The molecule has 2 atom stereocenters. The molecule has 124 valence electrons. The van der Waals surface area contributed by atoms with Crippen molar-refractivity contribution in [1.82, 2.24) is 9.80 Å². The molecule has 0 bridgehead atoms. The quantitative estimate of drug-likeness (QED) is 0.787. The van der Waals surface area contributed by atoms with Crippen LogP contribution in [0.15, 0.2) is 0 Å². The van der Waals surface area contributed by atoms with Gasteiger partial charge in [0.15, 0.2) is 0 Å². The Kier molecular flexibility index (Phi) is 6.44. The number of nitrogens with zero attached hydrogens (tertiary/aromatic N) is 2. The molecule has 0 radical (unpaired) electrons. The molecular weight excluding hydrogens is 268 g/mol. The first-order valence-electron chi connectivity index (χ1n) is 8.27. The second kappa shape index (κ2) is 7.88. The third-order valence-electron chi connectivity index (χ3n) is 4.17. The van der Waals surface area contributed by atoms with Crippen LogP contribution in [0.3, 0.4) is 0 Å². The van der Waals surface area contributed by atoms with E-state index in [1.54, 1.807) is 0 Å². The van der Waals surface area contributed by atoms with Crippen LogP contribution in [-0.2, 0) is 9.47 Å². The normalized spacial score (nSPS) is 27.1. The van der Waals surface area contributed by atoms with E-state index in [0.29, 0.717) is 6.61 Å². The Morgan fingerprint density at radius 2 is 1.90 bits per heavy atom. The Balaban J connectivity index is 1.62. The summed E-state index contributed by atoms with van der Waals surface area (Å²) in [4.78, 5) is 4.89. The summed E-state index contributed by atoms with van der Waals surface area (Å²) in [5.74, 6) is 0.735. The molecule has 5 heteroatoms. The van der Waals surface area contributed by atoms with E-state index in [9.17, 15) is 5.11 Å². The third kappa shape index (κ3) is 6.61.